The fraction of sp³-hybridized carbons (Fsp3) is 0.500. The summed E-state index contributed by atoms with van der Waals surface area (Å²) in [6, 6.07) is 3.18. The molecule has 1 aromatic heterocycles. The van der Waals surface area contributed by atoms with Crippen LogP contribution >= 0.6 is 0 Å². The van der Waals surface area contributed by atoms with Crippen molar-refractivity contribution in [2.75, 3.05) is 24.6 Å². The number of carboxylic acids is 1. The zero-order valence-corrected chi connectivity index (χ0v) is 9.71. The lowest BCUT2D eigenvalue weighted by molar-refractivity contribution is 0.0697. The Hall–Kier alpha value is -1.62. The van der Waals surface area contributed by atoms with Crippen molar-refractivity contribution in [3.63, 3.8) is 0 Å². The van der Waals surface area contributed by atoms with E-state index in [4.69, 9.17) is 5.11 Å². The Morgan fingerprint density at radius 2 is 2.35 bits per heavy atom. The van der Waals surface area contributed by atoms with E-state index in [-0.39, 0.29) is 18.1 Å². The van der Waals surface area contributed by atoms with Crippen LogP contribution in [0.3, 0.4) is 0 Å². The third-order valence-corrected chi connectivity index (χ3v) is 3.32. The molecule has 0 amide bonds. The van der Waals surface area contributed by atoms with Gasteiger partial charge in [0.2, 0.25) is 0 Å². The number of aliphatic hydroxyl groups is 1. The maximum atomic E-state index is 11.1. The lowest BCUT2D eigenvalue weighted by atomic mass is 10.00. The van der Waals surface area contributed by atoms with Gasteiger partial charge in [0.15, 0.2) is 0 Å². The fourth-order valence-corrected chi connectivity index (χ4v) is 2.26. The Labute approximate surface area is 99.7 Å². The number of aliphatic hydroxyl groups excluding tert-OH is 1. The number of aromatic carboxylic acids is 1. The normalized spacial score (nSPS) is 24.0. The van der Waals surface area contributed by atoms with Crippen LogP contribution in [0.2, 0.25) is 0 Å². The van der Waals surface area contributed by atoms with E-state index in [0.717, 1.165) is 6.54 Å². The van der Waals surface area contributed by atoms with Gasteiger partial charge in [-0.25, -0.2) is 9.78 Å². The van der Waals surface area contributed by atoms with Crippen molar-refractivity contribution >= 4 is 11.8 Å². The van der Waals surface area contributed by atoms with Gasteiger partial charge in [-0.05, 0) is 18.1 Å². The summed E-state index contributed by atoms with van der Waals surface area (Å²) in [5.74, 6) is 0.0818. The molecule has 0 unspecified atom stereocenters. The summed E-state index contributed by atoms with van der Waals surface area (Å²) >= 11 is 0. The molecule has 1 saturated heterocycles. The molecule has 0 bridgehead atoms. The second-order valence-corrected chi connectivity index (χ2v) is 4.50. The molecule has 0 aliphatic carbocycles. The standard InChI is InChI=1S/C12H16N2O3/c1-8-5-14(6-9(8)7-15)11-10(12(16)17)3-2-4-13-11/h2-4,8-9,15H,5-7H2,1H3,(H,16,17)/t8-,9+/m1/s1. The van der Waals surface area contributed by atoms with Gasteiger partial charge in [-0.3, -0.25) is 0 Å². The van der Waals surface area contributed by atoms with Gasteiger partial charge in [0.1, 0.15) is 11.4 Å². The second-order valence-electron chi connectivity index (χ2n) is 4.50. The number of hydrogen-bond acceptors (Lipinski definition) is 4. The third kappa shape index (κ3) is 2.24. The molecule has 2 atom stereocenters. The van der Waals surface area contributed by atoms with Crippen LogP contribution in [0.4, 0.5) is 5.82 Å². The van der Waals surface area contributed by atoms with E-state index in [2.05, 4.69) is 11.9 Å². The fourth-order valence-electron chi connectivity index (χ4n) is 2.26. The molecule has 1 aliphatic rings. The lowest BCUT2D eigenvalue weighted by Gasteiger charge is -2.18. The average Bonchev–Trinajstić information content (AvgIpc) is 2.70. The molecule has 2 heterocycles. The first-order chi connectivity index (χ1) is 8.13. The summed E-state index contributed by atoms with van der Waals surface area (Å²) in [4.78, 5) is 17.2. The van der Waals surface area contributed by atoms with E-state index >= 15 is 0 Å². The minimum absolute atomic E-state index is 0.132. The van der Waals surface area contributed by atoms with Crippen LogP contribution in [0.5, 0.6) is 0 Å². The van der Waals surface area contributed by atoms with Gasteiger partial charge >= 0.3 is 5.97 Å². The highest BCUT2D eigenvalue weighted by Crippen LogP contribution is 2.28. The minimum atomic E-state index is -0.965. The summed E-state index contributed by atoms with van der Waals surface area (Å²) in [6.45, 7) is 3.59. The highest BCUT2D eigenvalue weighted by molar-refractivity contribution is 5.93. The lowest BCUT2D eigenvalue weighted by Crippen LogP contribution is -2.24. The van der Waals surface area contributed by atoms with Crippen LogP contribution in [-0.4, -0.2) is 40.9 Å². The molecule has 0 spiro atoms. The maximum absolute atomic E-state index is 11.1. The van der Waals surface area contributed by atoms with Gasteiger partial charge in [0, 0.05) is 31.8 Å². The van der Waals surface area contributed by atoms with E-state index in [1.54, 1.807) is 18.3 Å². The molecule has 92 valence electrons. The second kappa shape index (κ2) is 4.71. The van der Waals surface area contributed by atoms with Crippen LogP contribution in [0, 0.1) is 11.8 Å². The molecule has 1 aliphatic heterocycles. The summed E-state index contributed by atoms with van der Waals surface area (Å²) in [5.41, 5.74) is 0.221. The molecule has 0 radical (unpaired) electrons. The zero-order chi connectivity index (χ0) is 12.4. The summed E-state index contributed by atoms with van der Waals surface area (Å²) in [7, 11) is 0. The van der Waals surface area contributed by atoms with Crippen molar-refractivity contribution in [2.24, 2.45) is 11.8 Å². The van der Waals surface area contributed by atoms with Gasteiger partial charge in [-0.15, -0.1) is 0 Å². The Kier molecular flexibility index (Phi) is 3.28. The number of carbonyl (C=O) groups is 1. The van der Waals surface area contributed by atoms with Crippen LogP contribution in [0.25, 0.3) is 0 Å². The van der Waals surface area contributed by atoms with E-state index in [0.29, 0.717) is 18.3 Å². The molecular formula is C12H16N2O3. The van der Waals surface area contributed by atoms with Gasteiger partial charge in [0.25, 0.3) is 0 Å². The van der Waals surface area contributed by atoms with Crippen molar-refractivity contribution in [3.8, 4) is 0 Å². The predicted octanol–water partition coefficient (Wildman–Crippen LogP) is 0.844. The number of aromatic nitrogens is 1. The molecule has 5 heteroatoms. The highest BCUT2D eigenvalue weighted by Gasteiger charge is 2.31. The smallest absolute Gasteiger partial charge is 0.339 e. The Morgan fingerprint density at radius 3 is 2.94 bits per heavy atom. The van der Waals surface area contributed by atoms with Crippen molar-refractivity contribution in [2.45, 2.75) is 6.92 Å². The van der Waals surface area contributed by atoms with E-state index in [1.807, 2.05) is 4.90 Å². The number of nitrogens with zero attached hydrogens (tertiary/aromatic N) is 2. The molecular weight excluding hydrogens is 220 g/mol. The van der Waals surface area contributed by atoms with E-state index in [1.165, 1.54) is 0 Å². The largest absolute Gasteiger partial charge is 0.478 e. The van der Waals surface area contributed by atoms with Crippen molar-refractivity contribution in [3.05, 3.63) is 23.9 Å². The quantitative estimate of drug-likeness (QED) is 0.813. The number of anilines is 1. The molecule has 0 aromatic carbocycles. The van der Waals surface area contributed by atoms with Gasteiger partial charge in [-0.1, -0.05) is 6.92 Å². The topological polar surface area (TPSA) is 73.7 Å². The van der Waals surface area contributed by atoms with Crippen molar-refractivity contribution in [1.82, 2.24) is 4.98 Å². The zero-order valence-electron chi connectivity index (χ0n) is 9.71. The monoisotopic (exact) mass is 236 g/mol. The van der Waals surface area contributed by atoms with Crippen molar-refractivity contribution < 1.29 is 15.0 Å². The Morgan fingerprint density at radius 1 is 1.59 bits per heavy atom. The van der Waals surface area contributed by atoms with Crippen LogP contribution < -0.4 is 4.90 Å². The minimum Gasteiger partial charge on any atom is -0.478 e. The third-order valence-electron chi connectivity index (χ3n) is 3.32. The number of pyridine rings is 1. The van der Waals surface area contributed by atoms with Crippen LogP contribution in [0.1, 0.15) is 17.3 Å². The molecule has 1 fully saturated rings. The Balaban J connectivity index is 2.27. The Bertz CT molecular complexity index is 422. The number of carboxylic acid groups (broad SMARTS) is 1. The first-order valence-electron chi connectivity index (χ1n) is 5.67. The molecule has 2 N–H and O–H groups in total. The first-order valence-corrected chi connectivity index (χ1v) is 5.67. The highest BCUT2D eigenvalue weighted by atomic mass is 16.4. The molecule has 0 saturated carbocycles. The first kappa shape index (κ1) is 11.9. The number of rotatable bonds is 3. The molecule has 1 aromatic rings. The molecule has 17 heavy (non-hydrogen) atoms. The van der Waals surface area contributed by atoms with Gasteiger partial charge in [0.05, 0.1) is 0 Å². The molecule has 2 rings (SSSR count). The average molecular weight is 236 g/mol. The summed E-state index contributed by atoms with van der Waals surface area (Å²) < 4.78 is 0. The van der Waals surface area contributed by atoms with Crippen LogP contribution in [0.15, 0.2) is 18.3 Å². The SMILES string of the molecule is C[C@@H]1CN(c2ncccc2C(=O)O)C[C@H]1CO. The summed E-state index contributed by atoms with van der Waals surface area (Å²) in [5, 5.41) is 18.3. The predicted molar refractivity (Wildman–Crippen MR) is 63.1 cm³/mol. The van der Waals surface area contributed by atoms with Gasteiger partial charge < -0.3 is 15.1 Å². The van der Waals surface area contributed by atoms with E-state index in [9.17, 15) is 9.90 Å². The van der Waals surface area contributed by atoms with Gasteiger partial charge in [-0.2, -0.15) is 0 Å². The summed E-state index contributed by atoms with van der Waals surface area (Å²) in [6.07, 6.45) is 1.60. The maximum Gasteiger partial charge on any atom is 0.339 e. The number of hydrogen-bond donors (Lipinski definition) is 2. The molecule has 5 nitrogen and oxygen atoms in total. The van der Waals surface area contributed by atoms with E-state index < -0.39 is 5.97 Å². The van der Waals surface area contributed by atoms with Crippen molar-refractivity contribution in [1.29, 1.82) is 0 Å². The van der Waals surface area contributed by atoms with Crippen LogP contribution in [-0.2, 0) is 0 Å².